The van der Waals surface area contributed by atoms with Crippen LogP contribution in [0.5, 0.6) is 5.75 Å². The van der Waals surface area contributed by atoms with E-state index in [2.05, 4.69) is 20.7 Å². The summed E-state index contributed by atoms with van der Waals surface area (Å²) in [5, 5.41) is 10.5. The van der Waals surface area contributed by atoms with E-state index in [4.69, 9.17) is 4.74 Å². The number of hydrogen-bond donors (Lipinski definition) is 2. The Balaban J connectivity index is 1.78. The van der Waals surface area contributed by atoms with Crippen LogP contribution in [0.25, 0.3) is 16.8 Å². The van der Waals surface area contributed by atoms with Crippen molar-refractivity contribution in [2.75, 3.05) is 25.0 Å². The fraction of sp³-hybridized carbons (Fsp3) is 0.235. The van der Waals surface area contributed by atoms with Crippen molar-refractivity contribution in [3.63, 3.8) is 0 Å². The smallest absolute Gasteiger partial charge is 0.257 e. The molecule has 1 aliphatic rings. The van der Waals surface area contributed by atoms with E-state index in [-0.39, 0.29) is 12.5 Å². The molecule has 0 radical (unpaired) electrons. The van der Waals surface area contributed by atoms with Crippen molar-refractivity contribution >= 4 is 17.4 Å². The predicted molar refractivity (Wildman–Crippen MR) is 90.0 cm³/mol. The van der Waals surface area contributed by atoms with Gasteiger partial charge in [-0.15, -0.1) is 0 Å². The number of benzene rings is 1. The van der Waals surface area contributed by atoms with Gasteiger partial charge in [0.05, 0.1) is 6.20 Å². The lowest BCUT2D eigenvalue weighted by molar-refractivity contribution is -0.123. The molecule has 0 unspecified atom stereocenters. The maximum atomic E-state index is 11.8. The summed E-state index contributed by atoms with van der Waals surface area (Å²) in [6.07, 6.45) is 4.48. The largest absolute Gasteiger partial charge is 0.484 e. The highest BCUT2D eigenvalue weighted by Crippen LogP contribution is 2.27. The van der Waals surface area contributed by atoms with Crippen LogP contribution in [0.1, 0.15) is 6.42 Å². The number of aromatic nitrogens is 3. The van der Waals surface area contributed by atoms with Crippen molar-refractivity contribution in [1.29, 1.82) is 0 Å². The third kappa shape index (κ3) is 2.88. The Hall–Kier alpha value is -3.09. The van der Waals surface area contributed by atoms with Crippen molar-refractivity contribution in [3.05, 3.63) is 42.7 Å². The molecule has 0 saturated carbocycles. The molecule has 3 aromatic rings. The molecule has 4 rings (SSSR count). The van der Waals surface area contributed by atoms with E-state index in [1.54, 1.807) is 10.7 Å². The Labute approximate surface area is 138 Å². The van der Waals surface area contributed by atoms with Gasteiger partial charge in [0, 0.05) is 24.8 Å². The zero-order valence-electron chi connectivity index (χ0n) is 13.0. The second kappa shape index (κ2) is 6.19. The monoisotopic (exact) mass is 323 g/mol. The van der Waals surface area contributed by atoms with Crippen molar-refractivity contribution in [2.24, 2.45) is 0 Å². The highest BCUT2D eigenvalue weighted by molar-refractivity contribution is 5.79. The first-order chi connectivity index (χ1) is 11.8. The second-order valence-electron chi connectivity index (χ2n) is 5.59. The molecule has 0 atom stereocenters. The summed E-state index contributed by atoms with van der Waals surface area (Å²) in [5.41, 5.74) is 2.65. The van der Waals surface area contributed by atoms with Crippen LogP contribution in [0.15, 0.2) is 42.7 Å². The molecule has 7 nitrogen and oxygen atoms in total. The maximum absolute atomic E-state index is 11.8. The summed E-state index contributed by atoms with van der Waals surface area (Å²) in [6, 6.07) is 9.49. The molecular weight excluding hydrogens is 306 g/mol. The van der Waals surface area contributed by atoms with Crippen LogP contribution >= 0.6 is 0 Å². The SMILES string of the molecule is O=C1COc2cccc(c2)-c2cnn3ccc(nc23)NCCCN1. The molecule has 0 fully saturated rings. The van der Waals surface area contributed by atoms with Crippen LogP contribution in [0.2, 0.25) is 0 Å². The Kier molecular flexibility index (Phi) is 3.74. The van der Waals surface area contributed by atoms with Gasteiger partial charge in [0.25, 0.3) is 5.91 Å². The second-order valence-corrected chi connectivity index (χ2v) is 5.59. The molecule has 1 aromatic carbocycles. The molecule has 1 amide bonds. The normalized spacial score (nSPS) is 15.1. The van der Waals surface area contributed by atoms with Gasteiger partial charge in [-0.1, -0.05) is 12.1 Å². The van der Waals surface area contributed by atoms with Crippen LogP contribution in [0.4, 0.5) is 5.82 Å². The molecule has 2 N–H and O–H groups in total. The topological polar surface area (TPSA) is 80.5 Å². The number of carbonyl (C=O) groups excluding carboxylic acids is 1. The van der Waals surface area contributed by atoms with E-state index < -0.39 is 0 Å². The van der Waals surface area contributed by atoms with Gasteiger partial charge in [-0.2, -0.15) is 5.10 Å². The summed E-state index contributed by atoms with van der Waals surface area (Å²) in [6.45, 7) is 1.32. The van der Waals surface area contributed by atoms with Gasteiger partial charge in [0.15, 0.2) is 12.3 Å². The first-order valence-electron chi connectivity index (χ1n) is 7.88. The number of anilines is 1. The quantitative estimate of drug-likeness (QED) is 0.658. The van der Waals surface area contributed by atoms with Crippen molar-refractivity contribution in [3.8, 4) is 16.9 Å². The highest BCUT2D eigenvalue weighted by Gasteiger charge is 2.11. The van der Waals surface area contributed by atoms with Gasteiger partial charge >= 0.3 is 0 Å². The van der Waals surface area contributed by atoms with Crippen LogP contribution in [-0.4, -0.2) is 40.2 Å². The lowest BCUT2D eigenvalue weighted by Crippen LogP contribution is -2.30. The third-order valence-corrected chi connectivity index (χ3v) is 3.87. The van der Waals surface area contributed by atoms with E-state index in [0.29, 0.717) is 12.3 Å². The highest BCUT2D eigenvalue weighted by atomic mass is 16.5. The Morgan fingerprint density at radius 1 is 1.17 bits per heavy atom. The summed E-state index contributed by atoms with van der Waals surface area (Å²) in [7, 11) is 0. The van der Waals surface area contributed by atoms with Gasteiger partial charge in [-0.05, 0) is 30.2 Å². The van der Waals surface area contributed by atoms with Crippen molar-refractivity contribution in [2.45, 2.75) is 6.42 Å². The Morgan fingerprint density at radius 2 is 2.08 bits per heavy atom. The number of hydrogen-bond acceptors (Lipinski definition) is 5. The maximum Gasteiger partial charge on any atom is 0.257 e. The van der Waals surface area contributed by atoms with Crippen LogP contribution in [0, 0.1) is 0 Å². The number of ether oxygens (including phenoxy) is 1. The summed E-state index contributed by atoms with van der Waals surface area (Å²) >= 11 is 0. The van der Waals surface area contributed by atoms with Crippen molar-refractivity contribution < 1.29 is 9.53 Å². The Bertz CT molecular complexity index is 890. The van der Waals surface area contributed by atoms with Gasteiger partial charge < -0.3 is 15.4 Å². The fourth-order valence-electron chi connectivity index (χ4n) is 2.66. The molecule has 4 bridgehead atoms. The molecule has 0 aliphatic carbocycles. The number of nitrogens with zero attached hydrogens (tertiary/aromatic N) is 3. The number of rotatable bonds is 0. The van der Waals surface area contributed by atoms with Gasteiger partial charge in [-0.3, -0.25) is 4.79 Å². The zero-order chi connectivity index (χ0) is 16.4. The zero-order valence-corrected chi connectivity index (χ0v) is 13.0. The summed E-state index contributed by atoms with van der Waals surface area (Å²) in [5.74, 6) is 1.31. The molecule has 24 heavy (non-hydrogen) atoms. The molecule has 122 valence electrons. The molecular formula is C17H17N5O2. The molecule has 0 saturated heterocycles. The number of nitrogens with one attached hydrogen (secondary N) is 2. The van der Waals surface area contributed by atoms with Crippen LogP contribution in [0.3, 0.4) is 0 Å². The average Bonchev–Trinajstić information content (AvgIpc) is 3.02. The lowest BCUT2D eigenvalue weighted by atomic mass is 10.1. The van der Waals surface area contributed by atoms with Gasteiger partial charge in [0.1, 0.15) is 11.6 Å². The standard InChI is InChI=1S/C17H17N5O2/c23-16-11-24-13-4-1-3-12(9-13)14-10-20-22-8-5-15(21-17(14)22)18-6-2-7-19-16/h1,3-5,8-10H,2,6-7,11H2,(H,18,21)(H,19,23). The molecule has 0 spiro atoms. The number of amides is 1. The Morgan fingerprint density at radius 3 is 3.04 bits per heavy atom. The van der Waals surface area contributed by atoms with E-state index in [1.165, 1.54) is 0 Å². The first kappa shape index (κ1) is 14.5. The molecule has 7 heteroatoms. The minimum Gasteiger partial charge on any atom is -0.484 e. The van der Waals surface area contributed by atoms with Gasteiger partial charge in [0.2, 0.25) is 0 Å². The first-order valence-corrected chi connectivity index (χ1v) is 7.88. The number of carbonyl (C=O) groups is 1. The molecule has 3 heterocycles. The van der Waals surface area contributed by atoms with E-state index in [9.17, 15) is 4.79 Å². The van der Waals surface area contributed by atoms with E-state index >= 15 is 0 Å². The molecule has 1 aliphatic heterocycles. The predicted octanol–water partition coefficient (Wildman–Crippen LogP) is 1.71. The third-order valence-electron chi connectivity index (χ3n) is 3.87. The molecule has 2 aromatic heterocycles. The lowest BCUT2D eigenvalue weighted by Gasteiger charge is -2.08. The van der Waals surface area contributed by atoms with Crippen LogP contribution in [-0.2, 0) is 4.79 Å². The van der Waals surface area contributed by atoms with Crippen molar-refractivity contribution in [1.82, 2.24) is 19.9 Å². The average molecular weight is 323 g/mol. The fourth-order valence-corrected chi connectivity index (χ4v) is 2.66. The summed E-state index contributed by atoms with van der Waals surface area (Å²) < 4.78 is 7.33. The van der Waals surface area contributed by atoms with Crippen LogP contribution < -0.4 is 15.4 Å². The minimum atomic E-state index is -0.123. The van der Waals surface area contributed by atoms with E-state index in [0.717, 1.165) is 35.6 Å². The number of fused-ring (bicyclic) bond motifs is 4. The van der Waals surface area contributed by atoms with Gasteiger partial charge in [-0.25, -0.2) is 9.50 Å². The minimum absolute atomic E-state index is 0.00626. The summed E-state index contributed by atoms with van der Waals surface area (Å²) in [4.78, 5) is 16.5. The van der Waals surface area contributed by atoms with E-state index in [1.807, 2.05) is 36.5 Å².